The third-order valence-corrected chi connectivity index (χ3v) is 3.87. The second-order valence-corrected chi connectivity index (χ2v) is 6.06. The Kier molecular flexibility index (Phi) is 5.76. The second kappa shape index (κ2) is 8.40. The summed E-state index contributed by atoms with van der Waals surface area (Å²) in [6.07, 6.45) is 1.74. The van der Waals surface area contributed by atoms with Gasteiger partial charge in [-0.2, -0.15) is 5.10 Å². The molecule has 1 aromatic heterocycles. The Hall–Kier alpha value is -2.99. The van der Waals surface area contributed by atoms with Crippen LogP contribution in [0, 0.1) is 6.92 Å². The van der Waals surface area contributed by atoms with Crippen LogP contribution < -0.4 is 15.4 Å². The number of hydrogen-bond donors (Lipinski definition) is 2. The number of anilines is 1. The Bertz CT molecular complexity index is 895. The number of urea groups is 1. The van der Waals surface area contributed by atoms with E-state index in [1.807, 2.05) is 54.1 Å². The molecular weight excluding hydrogens is 352 g/mol. The first kappa shape index (κ1) is 17.8. The summed E-state index contributed by atoms with van der Waals surface area (Å²) in [7, 11) is 0. The van der Waals surface area contributed by atoms with E-state index in [9.17, 15) is 4.79 Å². The van der Waals surface area contributed by atoms with Gasteiger partial charge in [0.05, 0.1) is 12.2 Å². The predicted molar refractivity (Wildman–Crippen MR) is 102 cm³/mol. The van der Waals surface area contributed by atoms with Gasteiger partial charge >= 0.3 is 6.03 Å². The van der Waals surface area contributed by atoms with E-state index in [1.165, 1.54) is 0 Å². The topological polar surface area (TPSA) is 68.2 Å². The number of carbonyl (C=O) groups is 1. The molecule has 0 fully saturated rings. The lowest BCUT2D eigenvalue weighted by Crippen LogP contribution is -2.32. The van der Waals surface area contributed by atoms with Gasteiger partial charge in [-0.15, -0.1) is 0 Å². The molecule has 2 N–H and O–H groups in total. The van der Waals surface area contributed by atoms with Gasteiger partial charge in [-0.1, -0.05) is 23.7 Å². The van der Waals surface area contributed by atoms with Crippen molar-refractivity contribution in [2.45, 2.75) is 6.92 Å². The molecule has 0 atom stereocenters. The number of aryl methyl sites for hydroxylation is 1. The summed E-state index contributed by atoms with van der Waals surface area (Å²) in [5.41, 5.74) is 2.59. The van der Waals surface area contributed by atoms with Crippen molar-refractivity contribution < 1.29 is 9.53 Å². The van der Waals surface area contributed by atoms with Gasteiger partial charge in [0.2, 0.25) is 0 Å². The second-order valence-electron chi connectivity index (χ2n) is 5.62. The fourth-order valence-corrected chi connectivity index (χ4v) is 2.60. The number of halogens is 1. The Labute approximate surface area is 156 Å². The molecule has 0 aliphatic carbocycles. The maximum absolute atomic E-state index is 12.0. The zero-order valence-corrected chi connectivity index (χ0v) is 15.0. The van der Waals surface area contributed by atoms with E-state index in [1.54, 1.807) is 18.3 Å². The SMILES string of the molecule is Cc1ccnn1-c1cccc(NC(=O)NCCOc2cccc(Cl)c2)c1. The van der Waals surface area contributed by atoms with Crippen molar-refractivity contribution in [3.8, 4) is 11.4 Å². The van der Waals surface area contributed by atoms with Crippen molar-refractivity contribution in [1.82, 2.24) is 15.1 Å². The van der Waals surface area contributed by atoms with Crippen LogP contribution >= 0.6 is 11.6 Å². The van der Waals surface area contributed by atoms with Crippen LogP contribution in [0.25, 0.3) is 5.69 Å². The molecule has 2 amide bonds. The summed E-state index contributed by atoms with van der Waals surface area (Å²) in [4.78, 5) is 12.0. The first-order valence-corrected chi connectivity index (χ1v) is 8.54. The summed E-state index contributed by atoms with van der Waals surface area (Å²) in [5, 5.41) is 10.4. The first-order valence-electron chi connectivity index (χ1n) is 8.16. The monoisotopic (exact) mass is 370 g/mol. The van der Waals surface area contributed by atoms with Gasteiger partial charge in [0.15, 0.2) is 0 Å². The smallest absolute Gasteiger partial charge is 0.319 e. The molecule has 0 saturated carbocycles. The summed E-state index contributed by atoms with van der Waals surface area (Å²) in [5.74, 6) is 0.669. The van der Waals surface area contributed by atoms with Gasteiger partial charge in [-0.25, -0.2) is 9.48 Å². The molecular formula is C19H19ClN4O2. The molecule has 0 spiro atoms. The minimum absolute atomic E-state index is 0.297. The third kappa shape index (κ3) is 4.77. The van der Waals surface area contributed by atoms with Crippen molar-refractivity contribution >= 4 is 23.3 Å². The molecule has 0 saturated heterocycles. The van der Waals surface area contributed by atoms with Crippen molar-refractivity contribution in [3.63, 3.8) is 0 Å². The van der Waals surface area contributed by atoms with Crippen molar-refractivity contribution in [3.05, 3.63) is 71.5 Å². The molecule has 3 rings (SSSR count). The number of aromatic nitrogens is 2. The standard InChI is InChI=1S/C19H19ClN4O2/c1-14-8-9-22-24(14)17-6-3-5-16(13-17)23-19(25)21-10-11-26-18-7-2-4-15(20)12-18/h2-9,12-13H,10-11H2,1H3,(H2,21,23,25). The highest BCUT2D eigenvalue weighted by molar-refractivity contribution is 6.30. The van der Waals surface area contributed by atoms with Crippen molar-refractivity contribution in [2.24, 2.45) is 0 Å². The van der Waals surface area contributed by atoms with Gasteiger partial charge in [0.25, 0.3) is 0 Å². The van der Waals surface area contributed by atoms with Crippen LogP contribution in [0.2, 0.25) is 5.02 Å². The minimum atomic E-state index is -0.297. The molecule has 0 bridgehead atoms. The highest BCUT2D eigenvalue weighted by atomic mass is 35.5. The molecule has 3 aromatic rings. The summed E-state index contributed by atoms with van der Waals surface area (Å²) >= 11 is 5.89. The fraction of sp³-hybridized carbons (Fsp3) is 0.158. The Balaban J connectivity index is 1.48. The highest BCUT2D eigenvalue weighted by Gasteiger charge is 2.05. The van der Waals surface area contributed by atoms with E-state index in [0.717, 1.165) is 11.4 Å². The fourth-order valence-electron chi connectivity index (χ4n) is 2.42. The van der Waals surface area contributed by atoms with Crippen LogP contribution in [-0.4, -0.2) is 29.0 Å². The van der Waals surface area contributed by atoms with Crippen LogP contribution in [0.5, 0.6) is 5.75 Å². The van der Waals surface area contributed by atoms with Crippen molar-refractivity contribution in [1.29, 1.82) is 0 Å². The number of carbonyl (C=O) groups excluding carboxylic acids is 1. The number of hydrogen-bond acceptors (Lipinski definition) is 3. The molecule has 0 radical (unpaired) electrons. The van der Waals surface area contributed by atoms with Gasteiger partial charge in [0.1, 0.15) is 12.4 Å². The lowest BCUT2D eigenvalue weighted by molar-refractivity contribution is 0.247. The summed E-state index contributed by atoms with van der Waals surface area (Å²) in [6.45, 7) is 2.69. The van der Waals surface area contributed by atoms with Crippen LogP contribution in [-0.2, 0) is 0 Å². The largest absolute Gasteiger partial charge is 0.492 e. The molecule has 26 heavy (non-hydrogen) atoms. The van der Waals surface area contributed by atoms with E-state index < -0.39 is 0 Å². The van der Waals surface area contributed by atoms with Gasteiger partial charge in [-0.3, -0.25) is 0 Å². The quantitative estimate of drug-likeness (QED) is 0.643. The van der Waals surface area contributed by atoms with Gasteiger partial charge in [-0.05, 0) is 49.4 Å². The number of nitrogens with one attached hydrogen (secondary N) is 2. The number of rotatable bonds is 6. The molecule has 7 heteroatoms. The summed E-state index contributed by atoms with van der Waals surface area (Å²) in [6, 6.07) is 16.2. The van der Waals surface area contributed by atoms with Gasteiger partial charge in [0, 0.05) is 22.6 Å². The Morgan fingerprint density at radius 2 is 2.04 bits per heavy atom. The van der Waals surface area contributed by atoms with Crippen LogP contribution in [0.3, 0.4) is 0 Å². The van der Waals surface area contributed by atoms with E-state index in [4.69, 9.17) is 16.3 Å². The van der Waals surface area contributed by atoms with Crippen molar-refractivity contribution in [2.75, 3.05) is 18.5 Å². The van der Waals surface area contributed by atoms with E-state index in [2.05, 4.69) is 15.7 Å². The Morgan fingerprint density at radius 3 is 2.81 bits per heavy atom. The van der Waals surface area contributed by atoms with E-state index >= 15 is 0 Å². The number of ether oxygens (including phenoxy) is 1. The maximum Gasteiger partial charge on any atom is 0.319 e. The molecule has 0 aliphatic rings. The third-order valence-electron chi connectivity index (χ3n) is 3.63. The zero-order chi connectivity index (χ0) is 18.4. The molecule has 2 aromatic carbocycles. The van der Waals surface area contributed by atoms with Crippen LogP contribution in [0.1, 0.15) is 5.69 Å². The normalized spacial score (nSPS) is 10.4. The average Bonchev–Trinajstić information content (AvgIpc) is 3.05. The van der Waals surface area contributed by atoms with Crippen LogP contribution in [0.4, 0.5) is 10.5 Å². The molecule has 1 heterocycles. The number of benzene rings is 2. The highest BCUT2D eigenvalue weighted by Crippen LogP contribution is 2.17. The predicted octanol–water partition coefficient (Wildman–Crippen LogP) is 4.03. The maximum atomic E-state index is 12.0. The van der Waals surface area contributed by atoms with E-state index in [0.29, 0.717) is 29.6 Å². The lowest BCUT2D eigenvalue weighted by Gasteiger charge is -2.11. The molecule has 0 aliphatic heterocycles. The number of nitrogens with zero attached hydrogens (tertiary/aromatic N) is 2. The Morgan fingerprint density at radius 1 is 1.19 bits per heavy atom. The molecule has 6 nitrogen and oxygen atoms in total. The minimum Gasteiger partial charge on any atom is -0.492 e. The summed E-state index contributed by atoms with van der Waals surface area (Å²) < 4.78 is 7.34. The molecule has 134 valence electrons. The average molecular weight is 371 g/mol. The molecule has 0 unspecified atom stereocenters. The van der Waals surface area contributed by atoms with Gasteiger partial charge < -0.3 is 15.4 Å². The number of amides is 2. The first-order chi connectivity index (χ1) is 12.6. The van der Waals surface area contributed by atoms with E-state index in [-0.39, 0.29) is 6.03 Å². The zero-order valence-electron chi connectivity index (χ0n) is 14.3. The lowest BCUT2D eigenvalue weighted by atomic mass is 10.2. The van der Waals surface area contributed by atoms with Crippen LogP contribution in [0.15, 0.2) is 60.8 Å².